The molecule has 22 heteroatoms. The molecule has 15 N–H and O–H groups in total. The van der Waals surface area contributed by atoms with Crippen molar-refractivity contribution in [3.8, 4) is 0 Å². The van der Waals surface area contributed by atoms with Gasteiger partial charge in [-0.1, -0.05) is 34.1 Å². The Bertz CT molecular complexity index is 1390. The molecule has 0 spiro atoms. The lowest BCUT2D eigenvalue weighted by Crippen LogP contribution is -2.60. The summed E-state index contributed by atoms with van der Waals surface area (Å²) in [5.41, 5.74) is 16.0. The van der Waals surface area contributed by atoms with E-state index in [1.165, 1.54) is 6.92 Å². The van der Waals surface area contributed by atoms with Gasteiger partial charge in [0.05, 0.1) is 12.6 Å². The number of carbonyl (C=O) groups is 10. The normalized spacial score (nSPS) is 15.3. The lowest BCUT2D eigenvalue weighted by atomic mass is 9.97. The fourth-order valence-electron chi connectivity index (χ4n) is 4.85. The van der Waals surface area contributed by atoms with Gasteiger partial charge < -0.3 is 64.4 Å². The number of hydrogen-bond acceptors (Lipinski definition) is 12. The quantitative estimate of drug-likeness (QED) is 0.0376. The summed E-state index contributed by atoms with van der Waals surface area (Å²) in [6.07, 6.45) is -1.67. The Morgan fingerprint density at radius 1 is 0.564 bits per heavy atom. The first-order valence-electron chi connectivity index (χ1n) is 17.7. The van der Waals surface area contributed by atoms with Gasteiger partial charge in [0.25, 0.3) is 0 Å². The maximum Gasteiger partial charge on any atom is 0.326 e. The zero-order valence-corrected chi connectivity index (χ0v) is 31.7. The molecule has 8 amide bonds. The van der Waals surface area contributed by atoms with Crippen LogP contribution in [0.5, 0.6) is 0 Å². The number of amides is 8. The number of primary amides is 2. The minimum absolute atomic E-state index is 0.0107. The van der Waals surface area contributed by atoms with E-state index in [-0.39, 0.29) is 44.4 Å². The van der Waals surface area contributed by atoms with Gasteiger partial charge in [-0.05, 0) is 44.4 Å². The van der Waals surface area contributed by atoms with Crippen LogP contribution in [0.2, 0.25) is 0 Å². The molecule has 0 bridgehead atoms. The Hall–Kier alpha value is -5.38. The molecule has 0 saturated heterocycles. The minimum atomic E-state index is -1.61. The van der Waals surface area contributed by atoms with Crippen molar-refractivity contribution in [3.05, 3.63) is 0 Å². The van der Waals surface area contributed by atoms with Crippen molar-refractivity contribution in [1.29, 1.82) is 0 Å². The van der Waals surface area contributed by atoms with E-state index in [9.17, 15) is 58.2 Å². The SMILES string of the molecule is CC[C@H](C)[C@H](NC(=O)[C@@H](N)CCC(=O)O)C(=O)N[C@@H](CO)C(=O)N[C@@H](C)C(=O)N[C@@H](CC(C)C)C(=O)N[C@@H](CCC(N)=O)C(=O)N[C@@H](CCC(N)=O)C(=O)O. The Kier molecular flexibility index (Phi) is 22.4. The van der Waals surface area contributed by atoms with E-state index in [1.807, 2.05) is 0 Å². The van der Waals surface area contributed by atoms with Crippen molar-refractivity contribution in [2.45, 2.75) is 128 Å². The van der Waals surface area contributed by atoms with Gasteiger partial charge in [-0.2, -0.15) is 0 Å². The van der Waals surface area contributed by atoms with Crippen LogP contribution >= 0.6 is 0 Å². The Labute approximate surface area is 318 Å². The second-order valence-electron chi connectivity index (χ2n) is 13.5. The molecule has 0 unspecified atom stereocenters. The first-order valence-corrected chi connectivity index (χ1v) is 17.7. The van der Waals surface area contributed by atoms with Crippen molar-refractivity contribution in [1.82, 2.24) is 31.9 Å². The molecule has 22 nitrogen and oxygen atoms in total. The first-order chi connectivity index (χ1) is 25.5. The average Bonchev–Trinajstić information content (AvgIpc) is 3.09. The predicted molar refractivity (Wildman–Crippen MR) is 193 cm³/mol. The second-order valence-corrected chi connectivity index (χ2v) is 13.5. The van der Waals surface area contributed by atoms with Gasteiger partial charge in [-0.15, -0.1) is 0 Å². The van der Waals surface area contributed by atoms with Crippen LogP contribution in [0.25, 0.3) is 0 Å². The topological polar surface area (TPSA) is 382 Å². The maximum absolute atomic E-state index is 13.4. The third-order valence-corrected chi connectivity index (χ3v) is 8.31. The number of hydrogen-bond donors (Lipinski definition) is 12. The zero-order chi connectivity index (χ0) is 42.6. The third kappa shape index (κ3) is 19.5. The number of rotatable bonds is 27. The Morgan fingerprint density at radius 3 is 1.51 bits per heavy atom. The summed E-state index contributed by atoms with van der Waals surface area (Å²) >= 11 is 0. The summed E-state index contributed by atoms with van der Waals surface area (Å²) in [7, 11) is 0. The largest absolute Gasteiger partial charge is 0.481 e. The van der Waals surface area contributed by atoms with Crippen LogP contribution in [0.15, 0.2) is 0 Å². The van der Waals surface area contributed by atoms with E-state index in [2.05, 4.69) is 31.9 Å². The summed E-state index contributed by atoms with van der Waals surface area (Å²) in [5.74, 6) is -10.5. The minimum Gasteiger partial charge on any atom is -0.481 e. The van der Waals surface area contributed by atoms with Crippen LogP contribution in [-0.4, -0.2) is 123 Å². The molecule has 312 valence electrons. The van der Waals surface area contributed by atoms with Crippen molar-refractivity contribution in [2.24, 2.45) is 29.0 Å². The van der Waals surface area contributed by atoms with Crippen molar-refractivity contribution < 1.29 is 63.3 Å². The van der Waals surface area contributed by atoms with Gasteiger partial charge in [0.1, 0.15) is 36.3 Å². The van der Waals surface area contributed by atoms with Crippen LogP contribution < -0.4 is 49.1 Å². The van der Waals surface area contributed by atoms with Crippen molar-refractivity contribution >= 4 is 59.2 Å². The lowest BCUT2D eigenvalue weighted by Gasteiger charge is -2.28. The molecule has 0 aliphatic carbocycles. The monoisotopic (exact) mass is 787 g/mol. The molecule has 0 aliphatic rings. The van der Waals surface area contributed by atoms with Crippen LogP contribution in [-0.2, 0) is 47.9 Å². The molecule has 0 heterocycles. The molecule has 0 saturated carbocycles. The highest BCUT2D eigenvalue weighted by Crippen LogP contribution is 2.11. The number of nitrogens with one attached hydrogen (secondary N) is 6. The highest BCUT2D eigenvalue weighted by Gasteiger charge is 2.34. The van der Waals surface area contributed by atoms with E-state index < -0.39 is 120 Å². The fourth-order valence-corrected chi connectivity index (χ4v) is 4.85. The third-order valence-electron chi connectivity index (χ3n) is 8.31. The van der Waals surface area contributed by atoms with Gasteiger partial charge in [0, 0.05) is 19.3 Å². The average molecular weight is 788 g/mol. The molecule has 0 aromatic carbocycles. The molecule has 0 aliphatic heterocycles. The van der Waals surface area contributed by atoms with Gasteiger partial charge in [-0.25, -0.2) is 4.79 Å². The van der Waals surface area contributed by atoms with Crippen molar-refractivity contribution in [3.63, 3.8) is 0 Å². The summed E-state index contributed by atoms with van der Waals surface area (Å²) in [4.78, 5) is 124. The fraction of sp³-hybridized carbons (Fsp3) is 0.697. The maximum atomic E-state index is 13.4. The summed E-state index contributed by atoms with van der Waals surface area (Å²) in [6, 6.07) is -9.84. The highest BCUT2D eigenvalue weighted by atomic mass is 16.4. The first kappa shape index (κ1) is 49.6. The molecule has 0 aromatic rings. The smallest absolute Gasteiger partial charge is 0.326 e. The molecular formula is C33H57N9O13. The van der Waals surface area contributed by atoms with E-state index in [0.717, 1.165) is 0 Å². The van der Waals surface area contributed by atoms with Crippen molar-refractivity contribution in [2.75, 3.05) is 6.61 Å². The molecule has 55 heavy (non-hydrogen) atoms. The zero-order valence-electron chi connectivity index (χ0n) is 31.7. The van der Waals surface area contributed by atoms with Gasteiger partial charge >= 0.3 is 11.9 Å². The molecule has 0 radical (unpaired) electrons. The lowest BCUT2D eigenvalue weighted by molar-refractivity contribution is -0.143. The summed E-state index contributed by atoms with van der Waals surface area (Å²) < 4.78 is 0. The van der Waals surface area contributed by atoms with E-state index in [0.29, 0.717) is 6.42 Å². The van der Waals surface area contributed by atoms with Crippen LogP contribution in [0.1, 0.15) is 86.0 Å². The summed E-state index contributed by atoms with van der Waals surface area (Å²) in [6.45, 7) is 7.12. The highest BCUT2D eigenvalue weighted by molar-refractivity contribution is 5.97. The Balaban J connectivity index is 5.85. The molecule has 0 fully saturated rings. The molecular weight excluding hydrogens is 730 g/mol. The predicted octanol–water partition coefficient (Wildman–Crippen LogP) is -4.19. The second kappa shape index (κ2) is 24.8. The number of aliphatic hydroxyl groups is 1. The van der Waals surface area contributed by atoms with E-state index >= 15 is 0 Å². The van der Waals surface area contributed by atoms with E-state index in [1.54, 1.807) is 27.7 Å². The van der Waals surface area contributed by atoms with Crippen LogP contribution in [0.3, 0.4) is 0 Å². The number of carbonyl (C=O) groups excluding carboxylic acids is 8. The van der Waals surface area contributed by atoms with Crippen LogP contribution in [0.4, 0.5) is 0 Å². The molecule has 8 atom stereocenters. The van der Waals surface area contributed by atoms with Gasteiger partial charge in [0.15, 0.2) is 0 Å². The van der Waals surface area contributed by atoms with Gasteiger partial charge in [-0.3, -0.25) is 43.2 Å². The van der Waals surface area contributed by atoms with Crippen LogP contribution in [0, 0.1) is 11.8 Å². The standard InChI is InChI=1S/C33H57N9O13/c1-6-16(4)26(42-28(49)18(34)7-12-25(46)47)32(53)41-22(14-43)31(52)37-17(5)27(48)40-21(13-15(2)3)30(51)38-19(8-10-23(35)44)29(50)39-20(33(54)55)9-11-24(36)45/h15-22,26,43H,6-14,34H2,1-5H3,(H2,35,44)(H2,36,45)(H,37,52)(H,38,51)(H,39,50)(H,40,48)(H,41,53)(H,42,49)(H,46,47)(H,54,55)/t16-,17-,18-,19-,20-,21-,22-,26-/m0/s1. The van der Waals surface area contributed by atoms with E-state index in [4.69, 9.17) is 22.3 Å². The Morgan fingerprint density at radius 2 is 1.04 bits per heavy atom. The number of nitrogens with two attached hydrogens (primary N) is 3. The molecule has 0 aromatic heterocycles. The number of carboxylic acids is 2. The number of aliphatic hydroxyl groups excluding tert-OH is 1. The van der Waals surface area contributed by atoms with Gasteiger partial charge in [0.2, 0.25) is 47.3 Å². The number of aliphatic carboxylic acids is 2. The summed E-state index contributed by atoms with van der Waals surface area (Å²) in [5, 5.41) is 42.4. The molecule has 0 rings (SSSR count). The number of carboxylic acid groups (broad SMARTS) is 2.